The fraction of sp³-hybridized carbons (Fsp3) is 0.278. The number of amides is 1. The molecule has 2 rings (SSSR count). The molecule has 3 nitrogen and oxygen atoms in total. The van der Waals surface area contributed by atoms with Crippen molar-refractivity contribution in [2.45, 2.75) is 13.5 Å². The van der Waals surface area contributed by atoms with E-state index in [4.69, 9.17) is 4.74 Å². The van der Waals surface area contributed by atoms with Crippen molar-refractivity contribution in [2.75, 3.05) is 18.1 Å². The predicted octanol–water partition coefficient (Wildman–Crippen LogP) is 3.42. The smallest absolute Gasteiger partial charge is 0.230 e. The van der Waals surface area contributed by atoms with E-state index in [0.29, 0.717) is 18.9 Å². The van der Waals surface area contributed by atoms with Crippen molar-refractivity contribution in [3.63, 3.8) is 0 Å². The molecular weight excluding hydrogens is 294 g/mol. The van der Waals surface area contributed by atoms with Crippen molar-refractivity contribution < 1.29 is 9.53 Å². The number of para-hydroxylation sites is 1. The van der Waals surface area contributed by atoms with E-state index in [1.807, 2.05) is 61.5 Å². The van der Waals surface area contributed by atoms with Crippen LogP contribution in [0.4, 0.5) is 0 Å². The largest absolute Gasteiger partial charge is 0.492 e. The third-order valence-corrected chi connectivity index (χ3v) is 4.07. The van der Waals surface area contributed by atoms with Crippen molar-refractivity contribution in [1.29, 1.82) is 0 Å². The summed E-state index contributed by atoms with van der Waals surface area (Å²) >= 11 is 1.58. The van der Waals surface area contributed by atoms with E-state index in [0.717, 1.165) is 22.6 Å². The summed E-state index contributed by atoms with van der Waals surface area (Å²) in [5.41, 5.74) is 2.25. The molecule has 22 heavy (non-hydrogen) atoms. The van der Waals surface area contributed by atoms with Crippen molar-refractivity contribution in [1.82, 2.24) is 5.32 Å². The maximum absolute atomic E-state index is 11.7. The van der Waals surface area contributed by atoms with Crippen LogP contribution in [0.15, 0.2) is 54.6 Å². The zero-order valence-electron chi connectivity index (χ0n) is 12.7. The molecule has 0 fully saturated rings. The zero-order valence-corrected chi connectivity index (χ0v) is 13.6. The highest BCUT2D eigenvalue weighted by atomic mass is 32.2. The zero-order chi connectivity index (χ0) is 15.6. The summed E-state index contributed by atoms with van der Waals surface area (Å²) in [7, 11) is 0. The van der Waals surface area contributed by atoms with Gasteiger partial charge in [-0.15, -0.1) is 11.8 Å². The van der Waals surface area contributed by atoms with Crippen LogP contribution in [0.2, 0.25) is 0 Å². The second kappa shape index (κ2) is 9.15. The Balaban J connectivity index is 1.57. The molecule has 0 aliphatic heterocycles. The van der Waals surface area contributed by atoms with Gasteiger partial charge in [-0.1, -0.05) is 48.5 Å². The summed E-state index contributed by atoms with van der Waals surface area (Å²) in [6, 6.07) is 17.9. The molecule has 0 aromatic heterocycles. The molecule has 0 saturated heterocycles. The molecule has 1 amide bonds. The first kappa shape index (κ1) is 16.4. The van der Waals surface area contributed by atoms with Gasteiger partial charge in [0.25, 0.3) is 0 Å². The number of thioether (sulfide) groups is 1. The Morgan fingerprint density at radius 1 is 1.09 bits per heavy atom. The van der Waals surface area contributed by atoms with Crippen molar-refractivity contribution in [2.24, 2.45) is 0 Å². The van der Waals surface area contributed by atoms with Crippen LogP contribution in [0.1, 0.15) is 11.1 Å². The molecule has 0 unspecified atom stereocenters. The van der Waals surface area contributed by atoms with Crippen LogP contribution in [0.25, 0.3) is 0 Å². The lowest BCUT2D eigenvalue weighted by atomic mass is 10.2. The van der Waals surface area contributed by atoms with Gasteiger partial charge in [0.2, 0.25) is 5.91 Å². The summed E-state index contributed by atoms with van der Waals surface area (Å²) in [5.74, 6) is 2.23. The van der Waals surface area contributed by atoms with Gasteiger partial charge in [0.15, 0.2) is 0 Å². The van der Waals surface area contributed by atoms with Crippen molar-refractivity contribution in [3.8, 4) is 5.75 Å². The van der Waals surface area contributed by atoms with Gasteiger partial charge >= 0.3 is 0 Å². The van der Waals surface area contributed by atoms with E-state index in [1.165, 1.54) is 0 Å². The first-order chi connectivity index (χ1) is 10.8. The number of ether oxygens (including phenoxy) is 1. The van der Waals surface area contributed by atoms with Crippen LogP contribution in [-0.4, -0.2) is 24.0 Å². The first-order valence-corrected chi connectivity index (χ1v) is 8.48. The standard InChI is InChI=1S/C18H21NO2S/c1-15-7-5-6-10-17(15)21-11-12-22-14-18(20)19-13-16-8-3-2-4-9-16/h2-10H,11-14H2,1H3,(H,19,20). The van der Waals surface area contributed by atoms with E-state index in [-0.39, 0.29) is 5.91 Å². The second-order valence-electron chi connectivity index (χ2n) is 4.93. The third kappa shape index (κ3) is 5.82. The highest BCUT2D eigenvalue weighted by molar-refractivity contribution is 7.99. The summed E-state index contributed by atoms with van der Waals surface area (Å²) in [6.07, 6.45) is 0. The molecule has 2 aromatic rings. The van der Waals surface area contributed by atoms with Crippen LogP contribution in [-0.2, 0) is 11.3 Å². The van der Waals surface area contributed by atoms with Crippen LogP contribution in [0, 0.1) is 6.92 Å². The minimum Gasteiger partial charge on any atom is -0.492 e. The average Bonchev–Trinajstić information content (AvgIpc) is 2.55. The van der Waals surface area contributed by atoms with Crippen molar-refractivity contribution in [3.05, 3.63) is 65.7 Å². The molecule has 4 heteroatoms. The minimum absolute atomic E-state index is 0.0599. The fourth-order valence-electron chi connectivity index (χ4n) is 1.94. The average molecular weight is 315 g/mol. The molecule has 2 aromatic carbocycles. The van der Waals surface area contributed by atoms with Crippen LogP contribution in [0.3, 0.4) is 0 Å². The fourth-order valence-corrected chi connectivity index (χ4v) is 2.57. The maximum atomic E-state index is 11.7. The van der Waals surface area contributed by atoms with Crippen LogP contribution < -0.4 is 10.1 Å². The molecule has 0 heterocycles. The van der Waals surface area contributed by atoms with E-state index in [1.54, 1.807) is 11.8 Å². The number of hydrogen-bond donors (Lipinski definition) is 1. The summed E-state index contributed by atoms with van der Waals surface area (Å²) < 4.78 is 5.70. The van der Waals surface area contributed by atoms with Gasteiger partial charge in [0.1, 0.15) is 5.75 Å². The van der Waals surface area contributed by atoms with E-state index < -0.39 is 0 Å². The normalized spacial score (nSPS) is 10.2. The summed E-state index contributed by atoms with van der Waals surface area (Å²) in [6.45, 7) is 3.22. The molecule has 1 N–H and O–H groups in total. The number of rotatable bonds is 8. The quantitative estimate of drug-likeness (QED) is 0.759. The highest BCUT2D eigenvalue weighted by Gasteiger charge is 2.02. The SMILES string of the molecule is Cc1ccccc1OCCSCC(=O)NCc1ccccc1. The Hall–Kier alpha value is -1.94. The van der Waals surface area contributed by atoms with Crippen LogP contribution >= 0.6 is 11.8 Å². The first-order valence-electron chi connectivity index (χ1n) is 7.32. The van der Waals surface area contributed by atoms with Gasteiger partial charge in [0.05, 0.1) is 12.4 Å². The number of aryl methyl sites for hydroxylation is 1. The van der Waals surface area contributed by atoms with Gasteiger partial charge < -0.3 is 10.1 Å². The van der Waals surface area contributed by atoms with E-state index in [9.17, 15) is 4.79 Å². The Morgan fingerprint density at radius 3 is 2.59 bits per heavy atom. The van der Waals surface area contributed by atoms with Gasteiger partial charge in [-0.05, 0) is 24.1 Å². The van der Waals surface area contributed by atoms with Gasteiger partial charge in [-0.25, -0.2) is 0 Å². The number of benzene rings is 2. The molecule has 0 aliphatic rings. The predicted molar refractivity (Wildman–Crippen MR) is 92.3 cm³/mol. The molecule has 0 bridgehead atoms. The number of nitrogens with one attached hydrogen (secondary N) is 1. The van der Waals surface area contributed by atoms with Gasteiger partial charge in [-0.2, -0.15) is 0 Å². The van der Waals surface area contributed by atoms with Crippen LogP contribution in [0.5, 0.6) is 5.75 Å². The number of hydrogen-bond acceptors (Lipinski definition) is 3. The Morgan fingerprint density at radius 2 is 1.82 bits per heavy atom. The minimum atomic E-state index is 0.0599. The molecule has 0 radical (unpaired) electrons. The number of carbonyl (C=O) groups excluding carboxylic acids is 1. The summed E-state index contributed by atoms with van der Waals surface area (Å²) in [5, 5.41) is 2.92. The topological polar surface area (TPSA) is 38.3 Å². The molecule has 0 saturated carbocycles. The molecule has 116 valence electrons. The lowest BCUT2D eigenvalue weighted by molar-refractivity contribution is -0.118. The molecule has 0 aliphatic carbocycles. The van der Waals surface area contributed by atoms with Gasteiger partial charge in [0, 0.05) is 12.3 Å². The summed E-state index contributed by atoms with van der Waals surface area (Å²) in [4.78, 5) is 11.7. The maximum Gasteiger partial charge on any atom is 0.230 e. The molecular formula is C18H21NO2S. The Bertz CT molecular complexity index is 587. The second-order valence-corrected chi connectivity index (χ2v) is 6.03. The third-order valence-electron chi connectivity index (χ3n) is 3.14. The van der Waals surface area contributed by atoms with Gasteiger partial charge in [-0.3, -0.25) is 4.79 Å². The monoisotopic (exact) mass is 315 g/mol. The Labute approximate surface area is 136 Å². The molecule has 0 atom stereocenters. The van der Waals surface area contributed by atoms with Crippen molar-refractivity contribution >= 4 is 17.7 Å². The Kier molecular flexibility index (Phi) is 6.84. The lowest BCUT2D eigenvalue weighted by Crippen LogP contribution is -2.24. The molecule has 0 spiro atoms. The highest BCUT2D eigenvalue weighted by Crippen LogP contribution is 2.16. The number of carbonyl (C=O) groups is 1. The lowest BCUT2D eigenvalue weighted by Gasteiger charge is -2.08. The van der Waals surface area contributed by atoms with E-state index >= 15 is 0 Å². The van der Waals surface area contributed by atoms with E-state index in [2.05, 4.69) is 5.32 Å².